The van der Waals surface area contributed by atoms with E-state index in [0.29, 0.717) is 22.7 Å². The van der Waals surface area contributed by atoms with Crippen LogP contribution >= 0.6 is 0 Å². The van der Waals surface area contributed by atoms with Crippen molar-refractivity contribution in [3.05, 3.63) is 60.4 Å². The lowest BCUT2D eigenvalue weighted by atomic mass is 9.97. The molecule has 1 fully saturated rings. The summed E-state index contributed by atoms with van der Waals surface area (Å²) in [7, 11) is 1.92. The van der Waals surface area contributed by atoms with E-state index in [9.17, 15) is 9.59 Å². The molecule has 0 saturated carbocycles. The van der Waals surface area contributed by atoms with Crippen molar-refractivity contribution in [2.45, 2.75) is 19.3 Å². The van der Waals surface area contributed by atoms with E-state index >= 15 is 0 Å². The molecular weight excluding hydrogens is 454 g/mol. The maximum absolute atomic E-state index is 12.8. The third-order valence-electron chi connectivity index (χ3n) is 6.49. The summed E-state index contributed by atoms with van der Waals surface area (Å²) < 4.78 is 1.97. The monoisotopic (exact) mass is 479 g/mol. The van der Waals surface area contributed by atoms with E-state index in [0.717, 1.165) is 53.7 Å². The second-order valence-electron chi connectivity index (χ2n) is 8.78. The summed E-state index contributed by atoms with van der Waals surface area (Å²) in [5, 5.41) is 12.2. The van der Waals surface area contributed by atoms with Crippen LogP contribution in [0.5, 0.6) is 0 Å². The minimum absolute atomic E-state index is 0.0501. The molecule has 0 spiro atoms. The Morgan fingerprint density at radius 1 is 1.03 bits per heavy atom. The molecule has 36 heavy (non-hydrogen) atoms. The lowest BCUT2D eigenvalue weighted by Gasteiger charge is -2.15. The number of likely N-dealkylation sites (tertiary alicyclic amines) is 1. The van der Waals surface area contributed by atoms with Gasteiger partial charge in [0.25, 0.3) is 5.91 Å². The Hall–Kier alpha value is -4.71. The first-order valence-electron chi connectivity index (χ1n) is 11.7. The third kappa shape index (κ3) is 4.14. The fourth-order valence-corrected chi connectivity index (χ4v) is 4.77. The van der Waals surface area contributed by atoms with Crippen molar-refractivity contribution in [2.24, 2.45) is 7.05 Å². The number of carbonyl (C=O) groups is 2. The minimum atomic E-state index is -0.359. The first-order chi connectivity index (χ1) is 17.5. The van der Waals surface area contributed by atoms with Gasteiger partial charge in [-0.15, -0.1) is 0 Å². The Kier molecular flexibility index (Phi) is 6.09. The molecule has 5 rings (SSSR count). The number of hydrogen-bond acceptors (Lipinski definition) is 6. The van der Waals surface area contributed by atoms with Crippen molar-refractivity contribution < 1.29 is 9.59 Å². The molecule has 180 valence electrons. The highest BCUT2D eigenvalue weighted by atomic mass is 16.2. The first-order valence-corrected chi connectivity index (χ1v) is 11.7. The summed E-state index contributed by atoms with van der Waals surface area (Å²) in [6, 6.07) is 16.8. The molecule has 4 aromatic rings. The fraction of sp³-hybridized carbons (Fsp3) is 0.222. The summed E-state index contributed by atoms with van der Waals surface area (Å²) in [4.78, 5) is 35.2. The number of fused-ring (bicyclic) bond motifs is 1. The van der Waals surface area contributed by atoms with Gasteiger partial charge in [-0.25, -0.2) is 9.97 Å². The van der Waals surface area contributed by atoms with Gasteiger partial charge in [-0.1, -0.05) is 24.3 Å². The van der Waals surface area contributed by atoms with Crippen molar-refractivity contribution in [1.82, 2.24) is 19.4 Å². The third-order valence-corrected chi connectivity index (χ3v) is 6.49. The van der Waals surface area contributed by atoms with E-state index < -0.39 is 0 Å². The predicted molar refractivity (Wildman–Crippen MR) is 138 cm³/mol. The van der Waals surface area contributed by atoms with Gasteiger partial charge in [-0.2, -0.15) is 5.26 Å². The number of carbonyl (C=O) groups excluding carboxylic acids is 2. The normalized spacial score (nSPS) is 13.1. The number of aryl methyl sites for hydroxylation is 1. The second kappa shape index (κ2) is 9.50. The van der Waals surface area contributed by atoms with E-state index in [4.69, 9.17) is 11.0 Å². The van der Waals surface area contributed by atoms with Gasteiger partial charge in [0.1, 0.15) is 24.2 Å². The Balaban J connectivity index is 1.58. The van der Waals surface area contributed by atoms with Crippen molar-refractivity contribution >= 4 is 34.4 Å². The van der Waals surface area contributed by atoms with E-state index in [2.05, 4.69) is 15.3 Å². The summed E-state index contributed by atoms with van der Waals surface area (Å²) in [5.74, 6) is 0.0608. The molecule has 0 aliphatic carbocycles. The molecule has 1 aliphatic rings. The number of nitrogens with two attached hydrogens (primary N) is 1. The van der Waals surface area contributed by atoms with Crippen LogP contribution in [0.1, 0.15) is 29.6 Å². The average Bonchev–Trinajstić information content (AvgIpc) is 3.52. The molecule has 0 bridgehead atoms. The van der Waals surface area contributed by atoms with E-state index in [1.165, 1.54) is 6.33 Å². The zero-order valence-corrected chi connectivity index (χ0v) is 19.9. The van der Waals surface area contributed by atoms with Crippen LogP contribution in [0.25, 0.3) is 33.4 Å². The summed E-state index contributed by atoms with van der Waals surface area (Å²) in [5.41, 5.74) is 11.8. The fourth-order valence-electron chi connectivity index (χ4n) is 4.77. The van der Waals surface area contributed by atoms with Gasteiger partial charge in [0.05, 0.1) is 17.1 Å². The number of nitrogens with zero attached hydrogens (tertiary/aromatic N) is 5. The van der Waals surface area contributed by atoms with Gasteiger partial charge in [-0.05, 0) is 48.2 Å². The summed E-state index contributed by atoms with van der Waals surface area (Å²) >= 11 is 0. The number of nitrogen functional groups attached to an aromatic ring is 1. The molecule has 1 aliphatic heterocycles. The van der Waals surface area contributed by atoms with Crippen LogP contribution in [0, 0.1) is 11.3 Å². The van der Waals surface area contributed by atoms with Crippen LogP contribution in [-0.4, -0.2) is 44.3 Å². The maximum atomic E-state index is 12.8. The average molecular weight is 480 g/mol. The molecule has 3 heterocycles. The Morgan fingerprint density at radius 2 is 1.69 bits per heavy atom. The Bertz CT molecular complexity index is 1490. The molecule has 2 aromatic heterocycles. The quantitative estimate of drug-likeness (QED) is 0.445. The van der Waals surface area contributed by atoms with Crippen molar-refractivity contribution in [2.75, 3.05) is 24.1 Å². The number of anilines is 2. The van der Waals surface area contributed by atoms with Crippen LogP contribution in [0.3, 0.4) is 0 Å². The van der Waals surface area contributed by atoms with E-state index in [1.54, 1.807) is 12.1 Å². The predicted octanol–water partition coefficient (Wildman–Crippen LogP) is 3.97. The van der Waals surface area contributed by atoms with Gasteiger partial charge < -0.3 is 20.5 Å². The van der Waals surface area contributed by atoms with Gasteiger partial charge >= 0.3 is 0 Å². The maximum Gasteiger partial charge on any atom is 0.253 e. The van der Waals surface area contributed by atoms with E-state index in [1.807, 2.05) is 59.0 Å². The molecule has 0 radical (unpaired) electrons. The van der Waals surface area contributed by atoms with Crippen LogP contribution in [0.15, 0.2) is 54.9 Å². The number of hydrogen-bond donors (Lipinski definition) is 2. The zero-order chi connectivity index (χ0) is 25.2. The zero-order valence-electron chi connectivity index (χ0n) is 19.9. The van der Waals surface area contributed by atoms with Gasteiger partial charge in [-0.3, -0.25) is 9.59 Å². The number of nitriles is 1. The van der Waals surface area contributed by atoms with Crippen LogP contribution in [-0.2, 0) is 11.8 Å². The highest BCUT2D eigenvalue weighted by Gasteiger charge is 2.23. The Labute approximate surface area is 208 Å². The number of aromatic nitrogens is 3. The van der Waals surface area contributed by atoms with Crippen molar-refractivity contribution in [3.8, 4) is 28.5 Å². The van der Waals surface area contributed by atoms with Crippen LogP contribution in [0.2, 0.25) is 0 Å². The smallest absolute Gasteiger partial charge is 0.253 e. The van der Waals surface area contributed by atoms with Gasteiger partial charge in [0, 0.05) is 37.0 Å². The van der Waals surface area contributed by atoms with Crippen LogP contribution < -0.4 is 11.1 Å². The molecule has 2 aromatic carbocycles. The first kappa shape index (κ1) is 23.1. The minimum Gasteiger partial charge on any atom is -0.383 e. The van der Waals surface area contributed by atoms with Gasteiger partial charge in [0.15, 0.2) is 0 Å². The number of amides is 2. The van der Waals surface area contributed by atoms with E-state index in [-0.39, 0.29) is 18.2 Å². The molecule has 0 atom stereocenters. The number of rotatable bonds is 5. The molecule has 9 heteroatoms. The number of benzene rings is 2. The van der Waals surface area contributed by atoms with Crippen molar-refractivity contribution in [3.63, 3.8) is 0 Å². The lowest BCUT2D eigenvalue weighted by molar-refractivity contribution is -0.115. The topological polar surface area (TPSA) is 130 Å². The summed E-state index contributed by atoms with van der Waals surface area (Å²) in [6.45, 7) is 1.60. The second-order valence-corrected chi connectivity index (χ2v) is 8.78. The molecule has 0 unspecified atom stereocenters. The molecular formula is C27H25N7O2. The molecule has 9 nitrogen and oxygen atoms in total. The highest BCUT2D eigenvalue weighted by Crippen LogP contribution is 2.41. The molecule has 3 N–H and O–H groups in total. The van der Waals surface area contributed by atoms with Gasteiger partial charge in [0.2, 0.25) is 5.91 Å². The van der Waals surface area contributed by atoms with Crippen molar-refractivity contribution in [1.29, 1.82) is 5.26 Å². The number of nitrogens with one attached hydrogen (secondary N) is 1. The largest absolute Gasteiger partial charge is 0.383 e. The molecule has 1 saturated heterocycles. The highest BCUT2D eigenvalue weighted by molar-refractivity contribution is 6.08. The standard InChI is InChI=1S/C27H25N7O2/c1-33-24(18-8-10-20(11-9-18)32-21(35)12-13-28)22(23-25(29)30-16-31-26(23)33)17-4-6-19(7-5-17)27(36)34-14-2-3-15-34/h4-11,16H,2-3,12,14-15H2,1H3,(H,32,35)(H2,29,30,31). The SMILES string of the molecule is Cn1c(-c2ccc(NC(=O)CC#N)cc2)c(-c2ccc(C(=O)N3CCCC3)cc2)c2c(N)ncnc21. The Morgan fingerprint density at radius 3 is 2.36 bits per heavy atom. The lowest BCUT2D eigenvalue weighted by Crippen LogP contribution is -2.27. The van der Waals surface area contributed by atoms with Crippen LogP contribution in [0.4, 0.5) is 11.5 Å². The summed E-state index contributed by atoms with van der Waals surface area (Å²) in [6.07, 6.45) is 3.33. The molecule has 2 amide bonds.